The van der Waals surface area contributed by atoms with Crippen LogP contribution in [0, 0.1) is 13.8 Å². The molecule has 0 unspecified atom stereocenters. The molecule has 0 fully saturated rings. The molecule has 0 saturated carbocycles. The van der Waals surface area contributed by atoms with Crippen LogP contribution in [0.1, 0.15) is 17.0 Å². The monoisotopic (exact) mass is 370 g/mol. The van der Waals surface area contributed by atoms with Crippen LogP contribution in [-0.2, 0) is 11.3 Å². The minimum absolute atomic E-state index is 0.139. The van der Waals surface area contributed by atoms with Crippen molar-refractivity contribution in [2.24, 2.45) is 0 Å². The van der Waals surface area contributed by atoms with E-state index in [9.17, 15) is 9.59 Å². The van der Waals surface area contributed by atoms with Crippen molar-refractivity contribution in [1.82, 2.24) is 15.1 Å². The van der Waals surface area contributed by atoms with Crippen molar-refractivity contribution in [2.75, 3.05) is 26.0 Å². The van der Waals surface area contributed by atoms with E-state index in [1.54, 1.807) is 21.0 Å². The molecule has 0 aliphatic carbocycles. The fourth-order valence-corrected chi connectivity index (χ4v) is 3.08. The van der Waals surface area contributed by atoms with Crippen LogP contribution in [0.25, 0.3) is 10.8 Å². The summed E-state index contributed by atoms with van der Waals surface area (Å²) in [6, 6.07) is 7.67. The molecule has 0 atom stereocenters. The number of amides is 1. The van der Waals surface area contributed by atoms with Gasteiger partial charge < -0.3 is 9.15 Å². The molecule has 0 aliphatic heterocycles. The van der Waals surface area contributed by atoms with Crippen molar-refractivity contribution in [1.29, 1.82) is 0 Å². The van der Waals surface area contributed by atoms with Gasteiger partial charge in [-0.1, -0.05) is 12.1 Å². The van der Waals surface area contributed by atoms with E-state index in [4.69, 9.17) is 9.15 Å². The standard InChI is InChI=1S/C19H22N4O4/c1-11-16-12(2)27-19(17(16)18(25)22-21-11)20-15(24)10-23(3)9-13-6-5-7-14(8-13)26-4/h5-8H,9-10H2,1-4H3,(H,20,24)(H,22,25). The Bertz CT molecular complexity index is 1040. The molecule has 8 nitrogen and oxygen atoms in total. The molecule has 3 aromatic rings. The minimum Gasteiger partial charge on any atom is -0.497 e. The highest BCUT2D eigenvalue weighted by molar-refractivity contribution is 6.01. The summed E-state index contributed by atoms with van der Waals surface area (Å²) in [6.07, 6.45) is 0. The van der Waals surface area contributed by atoms with Gasteiger partial charge in [-0.25, -0.2) is 5.10 Å². The molecule has 2 heterocycles. The Hall–Kier alpha value is -3.13. The number of hydrogen-bond donors (Lipinski definition) is 2. The number of likely N-dealkylation sites (N-methyl/N-ethyl adjacent to an activating group) is 1. The number of hydrogen-bond acceptors (Lipinski definition) is 6. The van der Waals surface area contributed by atoms with E-state index in [1.807, 2.05) is 36.2 Å². The Kier molecular flexibility index (Phi) is 5.27. The number of nitrogens with zero attached hydrogens (tertiary/aromatic N) is 2. The van der Waals surface area contributed by atoms with Crippen LogP contribution in [0.5, 0.6) is 5.75 Å². The third-order valence-corrected chi connectivity index (χ3v) is 4.25. The highest BCUT2D eigenvalue weighted by atomic mass is 16.5. The van der Waals surface area contributed by atoms with Crippen molar-refractivity contribution < 1.29 is 13.9 Å². The molecule has 1 aromatic carbocycles. The number of rotatable bonds is 6. The van der Waals surface area contributed by atoms with Crippen LogP contribution in [0.2, 0.25) is 0 Å². The molecule has 2 aromatic heterocycles. The van der Waals surface area contributed by atoms with Gasteiger partial charge in [-0.3, -0.25) is 19.8 Å². The summed E-state index contributed by atoms with van der Waals surface area (Å²) in [5.41, 5.74) is 1.27. The maximum absolute atomic E-state index is 12.4. The first-order chi connectivity index (χ1) is 12.9. The summed E-state index contributed by atoms with van der Waals surface area (Å²) < 4.78 is 10.8. The lowest BCUT2D eigenvalue weighted by Crippen LogP contribution is -2.30. The molecule has 0 aliphatic rings. The van der Waals surface area contributed by atoms with E-state index < -0.39 is 5.56 Å². The summed E-state index contributed by atoms with van der Waals surface area (Å²) in [5.74, 6) is 1.19. The molecule has 8 heteroatoms. The van der Waals surface area contributed by atoms with Crippen LogP contribution < -0.4 is 15.6 Å². The lowest BCUT2D eigenvalue weighted by molar-refractivity contribution is -0.117. The summed E-state index contributed by atoms with van der Waals surface area (Å²) in [5, 5.41) is 9.98. The summed E-state index contributed by atoms with van der Waals surface area (Å²) >= 11 is 0. The van der Waals surface area contributed by atoms with Gasteiger partial charge in [-0.15, -0.1) is 0 Å². The Morgan fingerprint density at radius 1 is 1.33 bits per heavy atom. The lowest BCUT2D eigenvalue weighted by Gasteiger charge is -2.16. The number of anilines is 1. The predicted molar refractivity (Wildman–Crippen MR) is 102 cm³/mol. The molecule has 27 heavy (non-hydrogen) atoms. The first-order valence-electron chi connectivity index (χ1n) is 8.48. The first-order valence-corrected chi connectivity index (χ1v) is 8.48. The fourth-order valence-electron chi connectivity index (χ4n) is 3.08. The molecule has 3 rings (SSSR count). The number of furan rings is 1. The number of nitrogens with one attached hydrogen (secondary N) is 2. The highest BCUT2D eigenvalue weighted by Gasteiger charge is 2.19. The number of H-pyrrole nitrogens is 1. The SMILES string of the molecule is COc1cccc(CN(C)CC(=O)Nc2oc(C)c3c(C)n[nH]c(=O)c23)c1. The summed E-state index contributed by atoms with van der Waals surface area (Å²) in [4.78, 5) is 26.4. The van der Waals surface area contributed by atoms with E-state index in [0.29, 0.717) is 28.8 Å². The average molecular weight is 370 g/mol. The van der Waals surface area contributed by atoms with E-state index in [2.05, 4.69) is 15.5 Å². The number of carbonyl (C=O) groups excluding carboxylic acids is 1. The van der Waals surface area contributed by atoms with Gasteiger partial charge >= 0.3 is 0 Å². The topological polar surface area (TPSA) is 100 Å². The minimum atomic E-state index is -0.396. The van der Waals surface area contributed by atoms with E-state index in [-0.39, 0.29) is 18.3 Å². The van der Waals surface area contributed by atoms with Crippen molar-refractivity contribution in [3.05, 3.63) is 51.6 Å². The molecule has 0 spiro atoms. The summed E-state index contributed by atoms with van der Waals surface area (Å²) in [7, 11) is 3.45. The smallest absolute Gasteiger partial charge is 0.277 e. The molecule has 142 valence electrons. The number of benzene rings is 1. The molecule has 0 bridgehead atoms. The fraction of sp³-hybridized carbons (Fsp3) is 0.316. The highest BCUT2D eigenvalue weighted by Crippen LogP contribution is 2.28. The number of fused-ring (bicyclic) bond motifs is 1. The summed E-state index contributed by atoms with van der Waals surface area (Å²) in [6.45, 7) is 4.22. The van der Waals surface area contributed by atoms with Gasteiger partial charge in [0.15, 0.2) is 0 Å². The van der Waals surface area contributed by atoms with Gasteiger partial charge in [-0.2, -0.15) is 5.10 Å². The zero-order valence-electron chi connectivity index (χ0n) is 15.8. The van der Waals surface area contributed by atoms with E-state index in [0.717, 1.165) is 11.3 Å². The Morgan fingerprint density at radius 3 is 2.85 bits per heavy atom. The lowest BCUT2D eigenvalue weighted by atomic mass is 10.2. The number of carbonyl (C=O) groups is 1. The first kappa shape index (κ1) is 18.7. The molecule has 0 saturated heterocycles. The van der Waals surface area contributed by atoms with Crippen molar-refractivity contribution in [3.63, 3.8) is 0 Å². The Morgan fingerprint density at radius 2 is 2.11 bits per heavy atom. The van der Waals surface area contributed by atoms with E-state index in [1.165, 1.54) is 0 Å². The number of aryl methyl sites for hydroxylation is 2. The predicted octanol–water partition coefficient (Wildman–Crippen LogP) is 2.21. The van der Waals surface area contributed by atoms with Gasteiger partial charge in [0.25, 0.3) is 5.56 Å². The second-order valence-electron chi connectivity index (χ2n) is 6.45. The third-order valence-electron chi connectivity index (χ3n) is 4.25. The molecular formula is C19H22N4O4. The molecule has 1 amide bonds. The largest absolute Gasteiger partial charge is 0.497 e. The number of aromatic nitrogens is 2. The van der Waals surface area contributed by atoms with Crippen LogP contribution in [0.3, 0.4) is 0 Å². The average Bonchev–Trinajstić information content (AvgIpc) is 2.95. The zero-order chi connectivity index (χ0) is 19.6. The second kappa shape index (κ2) is 7.63. The maximum atomic E-state index is 12.4. The number of methoxy groups -OCH3 is 1. The second-order valence-corrected chi connectivity index (χ2v) is 6.45. The Balaban J connectivity index is 1.72. The van der Waals surface area contributed by atoms with Crippen LogP contribution in [0.15, 0.2) is 33.5 Å². The van der Waals surface area contributed by atoms with Crippen LogP contribution in [0.4, 0.5) is 5.88 Å². The molecular weight excluding hydrogens is 348 g/mol. The van der Waals surface area contributed by atoms with Gasteiger partial charge in [0, 0.05) is 6.54 Å². The van der Waals surface area contributed by atoms with Gasteiger partial charge in [0.1, 0.15) is 16.9 Å². The normalized spacial score (nSPS) is 11.1. The molecule has 0 radical (unpaired) electrons. The number of ether oxygens (including phenoxy) is 1. The Labute approximate surface area is 156 Å². The van der Waals surface area contributed by atoms with Crippen LogP contribution >= 0.6 is 0 Å². The van der Waals surface area contributed by atoms with Crippen molar-refractivity contribution in [2.45, 2.75) is 20.4 Å². The number of aromatic amines is 1. The third kappa shape index (κ3) is 4.01. The van der Waals surface area contributed by atoms with Crippen molar-refractivity contribution >= 4 is 22.6 Å². The van der Waals surface area contributed by atoms with Crippen molar-refractivity contribution in [3.8, 4) is 5.75 Å². The van der Waals surface area contributed by atoms with Gasteiger partial charge in [0.2, 0.25) is 11.8 Å². The molecule has 2 N–H and O–H groups in total. The van der Waals surface area contributed by atoms with Crippen LogP contribution in [-0.4, -0.2) is 41.7 Å². The van der Waals surface area contributed by atoms with Gasteiger partial charge in [0.05, 0.1) is 24.7 Å². The van der Waals surface area contributed by atoms with E-state index >= 15 is 0 Å². The maximum Gasteiger partial charge on any atom is 0.277 e. The quantitative estimate of drug-likeness (QED) is 0.690. The van der Waals surface area contributed by atoms with Gasteiger partial charge in [-0.05, 0) is 38.6 Å². The zero-order valence-corrected chi connectivity index (χ0v) is 15.8.